The molecule has 1 saturated heterocycles. The summed E-state index contributed by atoms with van der Waals surface area (Å²) in [5.74, 6) is 1.04. The van der Waals surface area contributed by atoms with Gasteiger partial charge in [0.1, 0.15) is 0 Å². The Kier molecular flexibility index (Phi) is 3.06. The Hall–Kier alpha value is 0.260. The fourth-order valence-electron chi connectivity index (χ4n) is 1.20. The van der Waals surface area contributed by atoms with Crippen LogP contribution in [0.1, 0.15) is 20.3 Å². The van der Waals surface area contributed by atoms with Crippen molar-refractivity contribution < 1.29 is 13.0 Å². The van der Waals surface area contributed by atoms with Gasteiger partial charge in [0.15, 0.2) is 0 Å². The molecule has 72 valence electrons. The summed E-state index contributed by atoms with van der Waals surface area (Å²) in [7, 11) is -3.83. The third-order valence-corrected chi connectivity index (χ3v) is 4.52. The van der Waals surface area contributed by atoms with Gasteiger partial charge in [-0.05, 0) is 12.3 Å². The van der Waals surface area contributed by atoms with Crippen molar-refractivity contribution in [1.29, 1.82) is 0 Å². The van der Waals surface area contributed by atoms with Gasteiger partial charge in [-0.3, -0.25) is 4.55 Å². The van der Waals surface area contributed by atoms with Gasteiger partial charge in [-0.15, -0.1) is 0 Å². The lowest BCUT2D eigenvalue weighted by Gasteiger charge is -2.16. The second-order valence-corrected chi connectivity index (χ2v) is 6.46. The smallest absolute Gasteiger partial charge is 0.268 e. The first kappa shape index (κ1) is 10.3. The van der Waals surface area contributed by atoms with Crippen LogP contribution in [0.25, 0.3) is 0 Å². The summed E-state index contributed by atoms with van der Waals surface area (Å²) in [6, 6.07) is 0. The van der Waals surface area contributed by atoms with E-state index in [1.165, 1.54) is 0 Å². The summed E-state index contributed by atoms with van der Waals surface area (Å²) < 4.78 is 30.7. The van der Waals surface area contributed by atoms with Gasteiger partial charge in [-0.2, -0.15) is 20.2 Å². The minimum atomic E-state index is -3.83. The molecule has 0 spiro atoms. The zero-order valence-electron chi connectivity index (χ0n) is 7.23. The van der Waals surface area contributed by atoms with E-state index < -0.39 is 15.4 Å². The Labute approximate surface area is 77.7 Å². The highest BCUT2D eigenvalue weighted by atomic mass is 32.2. The molecule has 1 aliphatic rings. The molecule has 3 nitrogen and oxygen atoms in total. The largest absolute Gasteiger partial charge is 0.285 e. The molecule has 1 rings (SSSR count). The Balaban J connectivity index is 2.60. The minimum absolute atomic E-state index is 0.00111. The van der Waals surface area contributed by atoms with E-state index in [1.54, 1.807) is 11.8 Å². The van der Waals surface area contributed by atoms with Crippen molar-refractivity contribution in [3.05, 3.63) is 0 Å². The van der Waals surface area contributed by atoms with Crippen LogP contribution >= 0.6 is 11.8 Å². The fourth-order valence-corrected chi connectivity index (χ4v) is 3.10. The molecule has 0 aromatic rings. The standard InChI is InChI=1S/C7H14O3S2/c1-5(2)7(12(8,9)10)3-6-4-11-6/h5-7H,3-4H2,1-2H3,(H,8,9,10). The van der Waals surface area contributed by atoms with Crippen molar-refractivity contribution in [3.8, 4) is 0 Å². The van der Waals surface area contributed by atoms with E-state index in [1.807, 2.05) is 13.8 Å². The van der Waals surface area contributed by atoms with Crippen LogP contribution < -0.4 is 0 Å². The highest BCUT2D eigenvalue weighted by Gasteiger charge is 2.34. The quantitative estimate of drug-likeness (QED) is 0.563. The molecule has 1 aliphatic heterocycles. The molecule has 12 heavy (non-hydrogen) atoms. The van der Waals surface area contributed by atoms with E-state index in [9.17, 15) is 8.42 Å². The van der Waals surface area contributed by atoms with Gasteiger partial charge in [-0.25, -0.2) is 0 Å². The zero-order chi connectivity index (χ0) is 9.35. The van der Waals surface area contributed by atoms with Gasteiger partial charge < -0.3 is 0 Å². The van der Waals surface area contributed by atoms with E-state index in [2.05, 4.69) is 0 Å². The van der Waals surface area contributed by atoms with E-state index in [4.69, 9.17) is 4.55 Å². The number of hydrogen-bond donors (Lipinski definition) is 1. The molecular formula is C7H14O3S2. The zero-order valence-corrected chi connectivity index (χ0v) is 8.86. The topological polar surface area (TPSA) is 54.4 Å². The highest BCUT2D eigenvalue weighted by Crippen LogP contribution is 2.36. The lowest BCUT2D eigenvalue weighted by Crippen LogP contribution is -2.27. The monoisotopic (exact) mass is 210 g/mol. The predicted molar refractivity (Wildman–Crippen MR) is 51.0 cm³/mol. The Morgan fingerprint density at radius 1 is 1.58 bits per heavy atom. The third-order valence-electron chi connectivity index (χ3n) is 2.02. The van der Waals surface area contributed by atoms with E-state index in [0.717, 1.165) is 5.75 Å². The van der Waals surface area contributed by atoms with Crippen molar-refractivity contribution in [1.82, 2.24) is 0 Å². The number of thioether (sulfide) groups is 1. The summed E-state index contributed by atoms with van der Waals surface area (Å²) in [5.41, 5.74) is 0. The molecule has 2 atom stereocenters. The van der Waals surface area contributed by atoms with Crippen LogP contribution in [0.4, 0.5) is 0 Å². The average Bonchev–Trinajstić information content (AvgIpc) is 2.61. The van der Waals surface area contributed by atoms with Crippen LogP contribution in [-0.4, -0.2) is 29.2 Å². The number of rotatable bonds is 4. The molecule has 0 bridgehead atoms. The summed E-state index contributed by atoms with van der Waals surface area (Å²) in [6.45, 7) is 3.65. The van der Waals surface area contributed by atoms with Gasteiger partial charge >= 0.3 is 0 Å². The summed E-state index contributed by atoms with van der Waals surface area (Å²) in [4.78, 5) is 0. The Morgan fingerprint density at radius 2 is 2.08 bits per heavy atom. The molecule has 0 saturated carbocycles. The van der Waals surface area contributed by atoms with Crippen molar-refractivity contribution >= 4 is 21.9 Å². The average molecular weight is 210 g/mol. The first-order valence-electron chi connectivity index (χ1n) is 3.99. The maximum absolute atomic E-state index is 10.9. The summed E-state index contributed by atoms with van der Waals surface area (Å²) in [5, 5.41) is -0.114. The van der Waals surface area contributed by atoms with Gasteiger partial charge in [0.25, 0.3) is 10.1 Å². The number of hydrogen-bond acceptors (Lipinski definition) is 3. The Morgan fingerprint density at radius 3 is 2.33 bits per heavy atom. The van der Waals surface area contributed by atoms with E-state index >= 15 is 0 Å². The predicted octanol–water partition coefficient (Wildman–Crippen LogP) is 1.40. The van der Waals surface area contributed by atoms with Crippen molar-refractivity contribution in [3.63, 3.8) is 0 Å². The van der Waals surface area contributed by atoms with E-state index in [-0.39, 0.29) is 5.92 Å². The molecule has 2 unspecified atom stereocenters. The molecule has 1 fully saturated rings. The second kappa shape index (κ2) is 3.55. The van der Waals surface area contributed by atoms with Crippen LogP contribution in [-0.2, 0) is 10.1 Å². The molecule has 5 heteroatoms. The molecule has 0 amide bonds. The van der Waals surface area contributed by atoms with E-state index in [0.29, 0.717) is 11.7 Å². The van der Waals surface area contributed by atoms with Crippen molar-refractivity contribution in [2.75, 3.05) is 5.75 Å². The summed E-state index contributed by atoms with van der Waals surface area (Å²) >= 11 is 1.75. The van der Waals surface area contributed by atoms with Gasteiger partial charge in [-0.1, -0.05) is 13.8 Å². The first-order valence-corrected chi connectivity index (χ1v) is 6.54. The molecule has 0 aromatic heterocycles. The highest BCUT2D eigenvalue weighted by molar-refractivity contribution is 8.06. The maximum atomic E-state index is 10.9. The molecular weight excluding hydrogens is 196 g/mol. The first-order chi connectivity index (χ1) is 5.41. The van der Waals surface area contributed by atoms with Crippen molar-refractivity contribution in [2.45, 2.75) is 30.8 Å². The third kappa shape index (κ3) is 2.95. The molecule has 1 N–H and O–H groups in total. The molecule has 0 aliphatic carbocycles. The molecule has 1 heterocycles. The fraction of sp³-hybridized carbons (Fsp3) is 1.00. The van der Waals surface area contributed by atoms with Crippen LogP contribution in [0.3, 0.4) is 0 Å². The second-order valence-electron chi connectivity index (χ2n) is 3.49. The Bertz CT molecular complexity index is 241. The van der Waals surface area contributed by atoms with Crippen LogP contribution in [0.15, 0.2) is 0 Å². The van der Waals surface area contributed by atoms with Crippen LogP contribution in [0, 0.1) is 5.92 Å². The van der Waals surface area contributed by atoms with Crippen LogP contribution in [0.5, 0.6) is 0 Å². The molecule has 0 radical (unpaired) electrons. The van der Waals surface area contributed by atoms with Crippen molar-refractivity contribution in [2.24, 2.45) is 5.92 Å². The van der Waals surface area contributed by atoms with Crippen LogP contribution in [0.2, 0.25) is 0 Å². The van der Waals surface area contributed by atoms with Gasteiger partial charge in [0, 0.05) is 11.0 Å². The normalized spacial score (nSPS) is 25.8. The molecule has 0 aromatic carbocycles. The maximum Gasteiger partial charge on any atom is 0.268 e. The summed E-state index contributed by atoms with van der Waals surface area (Å²) in [6.07, 6.45) is 0.598. The SMILES string of the molecule is CC(C)C(CC1CS1)S(=O)(=O)O. The minimum Gasteiger partial charge on any atom is -0.285 e. The van der Waals surface area contributed by atoms with Gasteiger partial charge in [0.2, 0.25) is 0 Å². The lowest BCUT2D eigenvalue weighted by molar-refractivity contribution is 0.434. The van der Waals surface area contributed by atoms with Gasteiger partial charge in [0.05, 0.1) is 5.25 Å². The lowest BCUT2D eigenvalue weighted by atomic mass is 10.1.